The molecule has 0 aliphatic carbocycles. The van der Waals surface area contributed by atoms with E-state index in [4.69, 9.17) is 4.74 Å². The minimum absolute atomic E-state index is 0.314. The lowest BCUT2D eigenvalue weighted by Crippen LogP contribution is -2.44. The highest BCUT2D eigenvalue weighted by Gasteiger charge is 2.24. The Kier molecular flexibility index (Phi) is 2.82. The molecule has 1 aromatic rings. The summed E-state index contributed by atoms with van der Waals surface area (Å²) in [6, 6.07) is 8.28. The molecule has 2 unspecified atom stereocenters. The summed E-state index contributed by atoms with van der Waals surface area (Å²) in [5, 5.41) is 9.47. The van der Waals surface area contributed by atoms with Gasteiger partial charge in [0, 0.05) is 6.54 Å². The van der Waals surface area contributed by atoms with Crippen LogP contribution in [-0.4, -0.2) is 30.4 Å². The largest absolute Gasteiger partial charge is 0.489 e. The van der Waals surface area contributed by atoms with Gasteiger partial charge >= 0.3 is 0 Å². The average molecular weight is 207 g/mol. The van der Waals surface area contributed by atoms with E-state index in [0.717, 1.165) is 11.4 Å². The molecule has 1 aliphatic heterocycles. The molecule has 3 heteroatoms. The first-order valence-corrected chi connectivity index (χ1v) is 5.35. The molecule has 0 bridgehead atoms. The molecule has 0 saturated heterocycles. The van der Waals surface area contributed by atoms with Crippen molar-refractivity contribution in [1.29, 1.82) is 0 Å². The SMILES string of the molecule is CC(O)CN1c2ccccc2OCC1C. The molecule has 1 aromatic carbocycles. The van der Waals surface area contributed by atoms with Gasteiger partial charge in [-0.3, -0.25) is 0 Å². The maximum absolute atomic E-state index is 9.47. The molecular formula is C12H17NO2. The summed E-state index contributed by atoms with van der Waals surface area (Å²) in [4.78, 5) is 2.20. The summed E-state index contributed by atoms with van der Waals surface area (Å²) in [7, 11) is 0. The Hall–Kier alpha value is -1.22. The molecule has 0 aromatic heterocycles. The molecule has 82 valence electrons. The first kappa shape index (κ1) is 10.3. The zero-order valence-electron chi connectivity index (χ0n) is 9.18. The molecule has 0 fully saturated rings. The number of rotatable bonds is 2. The van der Waals surface area contributed by atoms with Gasteiger partial charge in [-0.2, -0.15) is 0 Å². The molecule has 2 rings (SSSR count). The first-order valence-electron chi connectivity index (χ1n) is 5.35. The number of aliphatic hydroxyl groups is 1. The van der Waals surface area contributed by atoms with Crippen LogP contribution in [0.25, 0.3) is 0 Å². The van der Waals surface area contributed by atoms with Gasteiger partial charge < -0.3 is 14.7 Å². The van der Waals surface area contributed by atoms with Crippen LogP contribution in [0.4, 0.5) is 5.69 Å². The number of benzene rings is 1. The van der Waals surface area contributed by atoms with Crippen molar-refractivity contribution in [2.45, 2.75) is 26.0 Å². The average Bonchev–Trinajstić information content (AvgIpc) is 2.22. The van der Waals surface area contributed by atoms with Crippen molar-refractivity contribution < 1.29 is 9.84 Å². The minimum Gasteiger partial charge on any atom is -0.489 e. The van der Waals surface area contributed by atoms with Crippen LogP contribution >= 0.6 is 0 Å². The normalized spacial score (nSPS) is 21.8. The van der Waals surface area contributed by atoms with Crippen LogP contribution in [0.2, 0.25) is 0 Å². The molecule has 3 nitrogen and oxygen atoms in total. The summed E-state index contributed by atoms with van der Waals surface area (Å²) in [6.45, 7) is 5.26. The van der Waals surface area contributed by atoms with Crippen LogP contribution < -0.4 is 9.64 Å². The van der Waals surface area contributed by atoms with Crippen LogP contribution in [0.1, 0.15) is 13.8 Å². The third-order valence-corrected chi connectivity index (χ3v) is 2.65. The standard InChI is InChI=1S/C12H17NO2/c1-9-8-15-12-6-4-3-5-11(12)13(9)7-10(2)14/h3-6,9-10,14H,7-8H2,1-2H3. The van der Waals surface area contributed by atoms with Crippen molar-refractivity contribution in [2.75, 3.05) is 18.1 Å². The predicted molar refractivity (Wildman–Crippen MR) is 60.4 cm³/mol. The molecule has 1 aliphatic rings. The second-order valence-corrected chi connectivity index (χ2v) is 4.13. The number of nitrogens with zero attached hydrogens (tertiary/aromatic N) is 1. The monoisotopic (exact) mass is 207 g/mol. The van der Waals surface area contributed by atoms with E-state index < -0.39 is 0 Å². The van der Waals surface area contributed by atoms with Crippen molar-refractivity contribution in [1.82, 2.24) is 0 Å². The Bertz CT molecular complexity index is 338. The maximum atomic E-state index is 9.47. The summed E-state index contributed by atoms with van der Waals surface area (Å²) in [5.74, 6) is 0.913. The second-order valence-electron chi connectivity index (χ2n) is 4.13. The highest BCUT2D eigenvalue weighted by atomic mass is 16.5. The third kappa shape index (κ3) is 2.07. The van der Waals surface area contributed by atoms with Crippen molar-refractivity contribution in [3.05, 3.63) is 24.3 Å². The summed E-state index contributed by atoms with van der Waals surface area (Å²) >= 11 is 0. The van der Waals surface area contributed by atoms with Crippen molar-refractivity contribution in [2.24, 2.45) is 0 Å². The number of anilines is 1. The van der Waals surface area contributed by atoms with Gasteiger partial charge in [-0.25, -0.2) is 0 Å². The summed E-state index contributed by atoms with van der Waals surface area (Å²) < 4.78 is 5.62. The summed E-state index contributed by atoms with van der Waals surface area (Å²) in [6.07, 6.45) is -0.321. The number of ether oxygens (including phenoxy) is 1. The quantitative estimate of drug-likeness (QED) is 0.800. The number of hydrogen-bond donors (Lipinski definition) is 1. The zero-order valence-corrected chi connectivity index (χ0v) is 9.18. The van der Waals surface area contributed by atoms with Gasteiger partial charge in [0.05, 0.1) is 17.8 Å². The van der Waals surface area contributed by atoms with E-state index in [2.05, 4.69) is 11.8 Å². The number of β-amino-alcohol motifs (C(OH)–C–C–N with tert-alkyl or cyclic N) is 1. The fraction of sp³-hybridized carbons (Fsp3) is 0.500. The number of para-hydroxylation sites is 2. The predicted octanol–water partition coefficient (Wildman–Crippen LogP) is 1.65. The van der Waals surface area contributed by atoms with E-state index in [0.29, 0.717) is 19.2 Å². The summed E-state index contributed by atoms with van der Waals surface area (Å²) in [5.41, 5.74) is 1.08. The van der Waals surface area contributed by atoms with Crippen LogP contribution in [0.3, 0.4) is 0 Å². The number of hydrogen-bond acceptors (Lipinski definition) is 3. The van der Waals surface area contributed by atoms with Gasteiger partial charge in [-0.1, -0.05) is 12.1 Å². The Morgan fingerprint density at radius 2 is 2.27 bits per heavy atom. The van der Waals surface area contributed by atoms with Gasteiger partial charge in [-0.05, 0) is 26.0 Å². The van der Waals surface area contributed by atoms with E-state index in [1.165, 1.54) is 0 Å². The Morgan fingerprint density at radius 3 is 3.00 bits per heavy atom. The topological polar surface area (TPSA) is 32.7 Å². The molecule has 15 heavy (non-hydrogen) atoms. The minimum atomic E-state index is -0.321. The molecule has 2 atom stereocenters. The second kappa shape index (κ2) is 4.11. The van der Waals surface area contributed by atoms with E-state index in [1.807, 2.05) is 31.2 Å². The smallest absolute Gasteiger partial charge is 0.142 e. The molecule has 1 heterocycles. The molecule has 0 radical (unpaired) electrons. The van der Waals surface area contributed by atoms with Crippen LogP contribution in [0.15, 0.2) is 24.3 Å². The van der Waals surface area contributed by atoms with E-state index >= 15 is 0 Å². The van der Waals surface area contributed by atoms with Crippen LogP contribution in [0, 0.1) is 0 Å². The van der Waals surface area contributed by atoms with Crippen molar-refractivity contribution in [3.8, 4) is 5.75 Å². The molecule has 0 spiro atoms. The lowest BCUT2D eigenvalue weighted by Gasteiger charge is -2.37. The van der Waals surface area contributed by atoms with Gasteiger partial charge in [0.15, 0.2) is 0 Å². The van der Waals surface area contributed by atoms with Crippen LogP contribution in [0.5, 0.6) is 5.75 Å². The lowest BCUT2D eigenvalue weighted by atomic mass is 10.1. The molecular weight excluding hydrogens is 190 g/mol. The number of fused-ring (bicyclic) bond motifs is 1. The zero-order chi connectivity index (χ0) is 10.8. The van der Waals surface area contributed by atoms with Gasteiger partial charge in [0.25, 0.3) is 0 Å². The van der Waals surface area contributed by atoms with E-state index in [1.54, 1.807) is 0 Å². The van der Waals surface area contributed by atoms with E-state index in [9.17, 15) is 5.11 Å². The Morgan fingerprint density at radius 1 is 1.53 bits per heavy atom. The van der Waals surface area contributed by atoms with Gasteiger partial charge in [-0.15, -0.1) is 0 Å². The van der Waals surface area contributed by atoms with Gasteiger partial charge in [0.1, 0.15) is 12.4 Å². The third-order valence-electron chi connectivity index (χ3n) is 2.65. The fourth-order valence-corrected chi connectivity index (χ4v) is 1.92. The van der Waals surface area contributed by atoms with Crippen molar-refractivity contribution >= 4 is 5.69 Å². The molecule has 0 saturated carbocycles. The first-order chi connectivity index (χ1) is 7.18. The van der Waals surface area contributed by atoms with Crippen molar-refractivity contribution in [3.63, 3.8) is 0 Å². The number of aliphatic hydroxyl groups excluding tert-OH is 1. The molecule has 1 N–H and O–H groups in total. The van der Waals surface area contributed by atoms with Crippen LogP contribution in [-0.2, 0) is 0 Å². The Labute approximate surface area is 90.3 Å². The Balaban J connectivity index is 2.28. The maximum Gasteiger partial charge on any atom is 0.142 e. The molecule has 0 amide bonds. The van der Waals surface area contributed by atoms with Gasteiger partial charge in [0.2, 0.25) is 0 Å². The lowest BCUT2D eigenvalue weighted by molar-refractivity contribution is 0.187. The fourth-order valence-electron chi connectivity index (χ4n) is 1.92. The van der Waals surface area contributed by atoms with E-state index in [-0.39, 0.29) is 6.10 Å². The highest BCUT2D eigenvalue weighted by Crippen LogP contribution is 2.33. The highest BCUT2D eigenvalue weighted by molar-refractivity contribution is 5.60.